The topological polar surface area (TPSA) is 48.6 Å². The van der Waals surface area contributed by atoms with Gasteiger partial charge in [-0.05, 0) is 6.92 Å². The zero-order valence-corrected chi connectivity index (χ0v) is 4.13. The van der Waals surface area contributed by atoms with Crippen molar-refractivity contribution in [2.24, 2.45) is 10.2 Å². The van der Waals surface area contributed by atoms with E-state index in [0.717, 1.165) is 6.21 Å². The first kappa shape index (κ1) is 6.01. The Morgan fingerprint density at radius 3 is 2.57 bits per heavy atom. The molecule has 0 aromatic carbocycles. The van der Waals surface area contributed by atoms with Gasteiger partial charge in [0.15, 0.2) is 0 Å². The van der Waals surface area contributed by atoms with Crippen molar-refractivity contribution in [2.45, 2.75) is 6.92 Å². The van der Waals surface area contributed by atoms with Gasteiger partial charge < -0.3 is 5.41 Å². The van der Waals surface area contributed by atoms with Gasteiger partial charge in [0.1, 0.15) is 0 Å². The van der Waals surface area contributed by atoms with Gasteiger partial charge >= 0.3 is 0 Å². The monoisotopic (exact) mass is 97.1 g/mol. The van der Waals surface area contributed by atoms with Crippen LogP contribution in [0.1, 0.15) is 6.92 Å². The molecule has 0 rings (SSSR count). The van der Waals surface area contributed by atoms with Crippen molar-refractivity contribution in [3.8, 4) is 0 Å². The first-order chi connectivity index (χ1) is 3.41. The van der Waals surface area contributed by atoms with Crippen LogP contribution in [-0.2, 0) is 0 Å². The molecule has 0 fully saturated rings. The van der Waals surface area contributed by atoms with Crippen LogP contribution < -0.4 is 0 Å². The third kappa shape index (κ3) is 5.01. The normalized spacial score (nSPS) is 11.0. The summed E-state index contributed by atoms with van der Waals surface area (Å²) in [5.41, 5.74) is 0. The fraction of sp³-hybridized carbons (Fsp3) is 0.250. The van der Waals surface area contributed by atoms with E-state index in [9.17, 15) is 0 Å². The smallest absolute Gasteiger partial charge is 0.0671 e. The first-order valence-electron chi connectivity index (χ1n) is 1.92. The van der Waals surface area contributed by atoms with E-state index in [2.05, 4.69) is 10.2 Å². The van der Waals surface area contributed by atoms with E-state index < -0.39 is 0 Å². The van der Waals surface area contributed by atoms with Crippen molar-refractivity contribution in [3.05, 3.63) is 0 Å². The molecule has 0 aromatic rings. The molecule has 0 aliphatic heterocycles. The molecule has 0 aromatic heterocycles. The summed E-state index contributed by atoms with van der Waals surface area (Å²) in [6, 6.07) is 0. The van der Waals surface area contributed by atoms with E-state index in [0.29, 0.717) is 0 Å². The van der Waals surface area contributed by atoms with Crippen LogP contribution in [0, 0.1) is 5.41 Å². The summed E-state index contributed by atoms with van der Waals surface area (Å²) in [7, 11) is 0. The third-order valence-corrected chi connectivity index (χ3v) is 0.323. The van der Waals surface area contributed by atoms with Crippen LogP contribution in [0.25, 0.3) is 0 Å². The Balaban J connectivity index is 3.27. The lowest BCUT2D eigenvalue weighted by molar-refractivity contribution is 1.27. The van der Waals surface area contributed by atoms with Gasteiger partial charge in [-0.3, -0.25) is 0 Å². The largest absolute Gasteiger partial charge is 0.307 e. The maximum Gasteiger partial charge on any atom is 0.0671 e. The fourth-order valence-electron chi connectivity index (χ4n) is 0.138. The van der Waals surface area contributed by atoms with Crippen molar-refractivity contribution in [2.75, 3.05) is 0 Å². The number of nitrogens with one attached hydrogen (secondary N) is 1. The Morgan fingerprint density at radius 2 is 2.14 bits per heavy atom. The summed E-state index contributed by atoms with van der Waals surface area (Å²) in [4.78, 5) is 0. The van der Waals surface area contributed by atoms with E-state index in [1.54, 1.807) is 13.1 Å². The molecule has 0 spiro atoms. The second-order valence-corrected chi connectivity index (χ2v) is 0.805. The SMILES string of the molecule is C/C=N/N=C\C=N. The number of nitrogens with zero attached hydrogens (tertiary/aromatic N) is 2. The van der Waals surface area contributed by atoms with E-state index in [1.165, 1.54) is 6.21 Å². The molecule has 0 aliphatic rings. The lowest BCUT2D eigenvalue weighted by Gasteiger charge is -1.65. The van der Waals surface area contributed by atoms with Crippen LogP contribution in [-0.4, -0.2) is 18.6 Å². The van der Waals surface area contributed by atoms with E-state index in [4.69, 9.17) is 5.41 Å². The number of hydrogen-bond donors (Lipinski definition) is 1. The summed E-state index contributed by atoms with van der Waals surface area (Å²) >= 11 is 0. The molecule has 0 aliphatic carbocycles. The molecule has 7 heavy (non-hydrogen) atoms. The molecule has 3 nitrogen and oxygen atoms in total. The standard InChI is InChI=1S/C4H7N3/c1-2-6-7-4-3-5/h2-5H,1H3/b5-3?,6-2+,7-4-. The van der Waals surface area contributed by atoms with E-state index in [-0.39, 0.29) is 0 Å². The summed E-state index contributed by atoms with van der Waals surface area (Å²) in [6.07, 6.45) is 3.94. The fourth-order valence-corrected chi connectivity index (χ4v) is 0.138. The lowest BCUT2D eigenvalue weighted by Crippen LogP contribution is -1.66. The highest BCUT2D eigenvalue weighted by Crippen LogP contribution is 1.60. The first-order valence-corrected chi connectivity index (χ1v) is 1.92. The minimum absolute atomic E-state index is 1.08. The van der Waals surface area contributed by atoms with Crippen molar-refractivity contribution in [3.63, 3.8) is 0 Å². The molecule has 0 saturated carbocycles. The Hall–Kier alpha value is -0.990. The van der Waals surface area contributed by atoms with Gasteiger partial charge in [-0.2, -0.15) is 10.2 Å². The van der Waals surface area contributed by atoms with Crippen molar-refractivity contribution >= 4 is 18.6 Å². The summed E-state index contributed by atoms with van der Waals surface area (Å²) in [5.74, 6) is 0. The predicted octanol–water partition coefficient (Wildman–Crippen LogP) is 0.712. The average molecular weight is 97.1 g/mol. The molecule has 0 radical (unpaired) electrons. The zero-order valence-electron chi connectivity index (χ0n) is 4.13. The minimum atomic E-state index is 1.08. The average Bonchev–Trinajstić information content (AvgIpc) is 1.69. The van der Waals surface area contributed by atoms with Gasteiger partial charge in [0.25, 0.3) is 0 Å². The number of hydrogen-bond acceptors (Lipinski definition) is 3. The highest BCUT2D eigenvalue weighted by Gasteiger charge is 1.53. The Bertz CT molecular complexity index is 93.1. The van der Waals surface area contributed by atoms with E-state index >= 15 is 0 Å². The summed E-state index contributed by atoms with van der Waals surface area (Å²) < 4.78 is 0. The van der Waals surface area contributed by atoms with Gasteiger partial charge in [0, 0.05) is 12.4 Å². The minimum Gasteiger partial charge on any atom is -0.307 e. The van der Waals surface area contributed by atoms with Gasteiger partial charge in [-0.15, -0.1) is 0 Å². The molecule has 0 bridgehead atoms. The molecule has 38 valence electrons. The number of rotatable bonds is 2. The van der Waals surface area contributed by atoms with Gasteiger partial charge in [-0.25, -0.2) is 0 Å². The maximum absolute atomic E-state index is 6.43. The molecular formula is C4H7N3. The maximum atomic E-state index is 6.43. The predicted molar refractivity (Wildman–Crippen MR) is 31.4 cm³/mol. The third-order valence-electron chi connectivity index (χ3n) is 0.323. The van der Waals surface area contributed by atoms with Gasteiger partial charge in [0.2, 0.25) is 0 Å². The second kappa shape index (κ2) is 5.01. The van der Waals surface area contributed by atoms with Crippen molar-refractivity contribution in [1.82, 2.24) is 0 Å². The molecule has 3 heteroatoms. The molecule has 1 N–H and O–H groups in total. The molecule has 0 amide bonds. The van der Waals surface area contributed by atoms with Crippen LogP contribution >= 0.6 is 0 Å². The molecule has 0 atom stereocenters. The zero-order chi connectivity index (χ0) is 5.54. The highest BCUT2D eigenvalue weighted by molar-refractivity contribution is 6.14. The second-order valence-electron chi connectivity index (χ2n) is 0.805. The Kier molecular flexibility index (Phi) is 4.30. The van der Waals surface area contributed by atoms with Crippen LogP contribution in [0.5, 0.6) is 0 Å². The van der Waals surface area contributed by atoms with Crippen molar-refractivity contribution in [1.29, 1.82) is 5.41 Å². The van der Waals surface area contributed by atoms with Crippen LogP contribution in [0.15, 0.2) is 10.2 Å². The van der Waals surface area contributed by atoms with Crippen LogP contribution in [0.3, 0.4) is 0 Å². The molecule has 0 unspecified atom stereocenters. The molecule has 0 saturated heterocycles. The Morgan fingerprint density at radius 1 is 1.43 bits per heavy atom. The molecular weight excluding hydrogens is 90.1 g/mol. The highest BCUT2D eigenvalue weighted by atomic mass is 15.2. The quantitative estimate of drug-likeness (QED) is 0.390. The van der Waals surface area contributed by atoms with Crippen LogP contribution in [0.4, 0.5) is 0 Å². The van der Waals surface area contributed by atoms with Crippen molar-refractivity contribution < 1.29 is 0 Å². The van der Waals surface area contributed by atoms with Gasteiger partial charge in [0.05, 0.1) is 6.21 Å². The lowest BCUT2D eigenvalue weighted by atomic mass is 10.8. The summed E-state index contributed by atoms with van der Waals surface area (Å²) in [6.45, 7) is 1.77. The van der Waals surface area contributed by atoms with E-state index in [1.807, 2.05) is 0 Å². The molecule has 0 heterocycles. The van der Waals surface area contributed by atoms with Crippen LogP contribution in [0.2, 0.25) is 0 Å². The van der Waals surface area contributed by atoms with Gasteiger partial charge in [-0.1, -0.05) is 0 Å². The summed E-state index contributed by atoms with van der Waals surface area (Å²) in [5, 5.41) is 13.3. The Labute approximate surface area is 42.3 Å².